The highest BCUT2D eigenvalue weighted by Gasteiger charge is 2.30. The van der Waals surface area contributed by atoms with Gasteiger partial charge in [-0.2, -0.15) is 0 Å². The second-order valence-electron chi connectivity index (χ2n) is 13.6. The lowest BCUT2D eigenvalue weighted by Crippen LogP contribution is -2.53. The predicted molar refractivity (Wildman–Crippen MR) is 181 cm³/mol. The van der Waals surface area contributed by atoms with Crippen molar-refractivity contribution in [3.8, 4) is 23.0 Å². The Labute approximate surface area is 279 Å². The summed E-state index contributed by atoms with van der Waals surface area (Å²) < 4.78 is 23.6. The van der Waals surface area contributed by atoms with Gasteiger partial charge in [-0.3, -0.25) is 19.4 Å². The Hall–Kier alpha value is -3.58. The molecule has 2 aromatic rings. The largest absolute Gasteiger partial charge is 0.454 e. The molecule has 0 aromatic heterocycles. The third kappa shape index (κ3) is 9.50. The van der Waals surface area contributed by atoms with Crippen molar-refractivity contribution < 1.29 is 28.5 Å². The molecule has 0 aliphatic carbocycles. The van der Waals surface area contributed by atoms with Gasteiger partial charge in [0.2, 0.25) is 18.6 Å². The predicted octanol–water partition coefficient (Wildman–Crippen LogP) is 2.81. The van der Waals surface area contributed by atoms with E-state index in [9.17, 15) is 9.59 Å². The monoisotopic (exact) mass is 654 g/mol. The lowest BCUT2D eigenvalue weighted by atomic mass is 10.0. The van der Waals surface area contributed by atoms with Gasteiger partial charge < -0.3 is 41.0 Å². The lowest BCUT2D eigenvalue weighted by Gasteiger charge is -2.32. The molecular formula is C35H54N6O6. The number of hydrogen-bond donors (Lipinski definition) is 4. The van der Waals surface area contributed by atoms with Gasteiger partial charge in [0.1, 0.15) is 0 Å². The van der Waals surface area contributed by atoms with Crippen LogP contribution in [0.3, 0.4) is 0 Å². The van der Waals surface area contributed by atoms with Gasteiger partial charge in [-0.1, -0.05) is 39.8 Å². The Morgan fingerprint density at radius 1 is 0.787 bits per heavy atom. The average Bonchev–Trinajstić information content (AvgIpc) is 3.67. The second kappa shape index (κ2) is 16.0. The van der Waals surface area contributed by atoms with Gasteiger partial charge in [0.15, 0.2) is 23.0 Å². The molecule has 2 aliphatic rings. The van der Waals surface area contributed by atoms with E-state index in [4.69, 9.17) is 30.4 Å². The first-order valence-corrected chi connectivity index (χ1v) is 16.6. The van der Waals surface area contributed by atoms with Crippen molar-refractivity contribution >= 4 is 11.8 Å². The topological polar surface area (TPSA) is 154 Å². The number of hydrogen-bond acceptors (Lipinski definition) is 10. The number of likely N-dealkylation sites (N-methyl/N-ethyl adjacent to an activating group) is 1. The second-order valence-corrected chi connectivity index (χ2v) is 13.6. The molecule has 47 heavy (non-hydrogen) atoms. The summed E-state index contributed by atoms with van der Waals surface area (Å²) in [5, 5.41) is 6.03. The van der Waals surface area contributed by atoms with Crippen molar-refractivity contribution in [3.05, 3.63) is 47.5 Å². The first kappa shape index (κ1) is 36.3. The average molecular weight is 655 g/mol. The zero-order chi connectivity index (χ0) is 34.4. The van der Waals surface area contributed by atoms with Gasteiger partial charge in [0.25, 0.3) is 6.29 Å². The zero-order valence-corrected chi connectivity index (χ0v) is 29.1. The molecule has 260 valence electrons. The van der Waals surface area contributed by atoms with Crippen molar-refractivity contribution in [3.63, 3.8) is 0 Å². The van der Waals surface area contributed by atoms with E-state index in [2.05, 4.69) is 34.3 Å². The van der Waals surface area contributed by atoms with E-state index < -0.39 is 18.4 Å². The molecule has 0 radical (unpaired) electrons. The molecule has 0 saturated carbocycles. The summed E-state index contributed by atoms with van der Waals surface area (Å²) in [6, 6.07) is 11.0. The molecular weight excluding hydrogens is 600 g/mol. The number of benzene rings is 2. The molecule has 0 bridgehead atoms. The summed E-state index contributed by atoms with van der Waals surface area (Å²) >= 11 is 0. The van der Waals surface area contributed by atoms with Gasteiger partial charge in [0, 0.05) is 12.1 Å². The summed E-state index contributed by atoms with van der Waals surface area (Å²) in [5.74, 6) is 2.58. The van der Waals surface area contributed by atoms with E-state index in [1.165, 1.54) is 0 Å². The fourth-order valence-corrected chi connectivity index (χ4v) is 5.55. The van der Waals surface area contributed by atoms with E-state index >= 15 is 0 Å². The number of ether oxygens (including phenoxy) is 4. The summed E-state index contributed by atoms with van der Waals surface area (Å²) in [6.45, 7) is 14.9. The third-order valence-electron chi connectivity index (χ3n) is 9.19. The van der Waals surface area contributed by atoms with Crippen LogP contribution in [-0.4, -0.2) is 85.3 Å². The number of carbonyl (C=O) groups is 2. The Morgan fingerprint density at radius 3 is 2.00 bits per heavy atom. The van der Waals surface area contributed by atoms with Crippen molar-refractivity contribution in [1.29, 1.82) is 0 Å². The number of fused-ring (bicyclic) bond motifs is 2. The van der Waals surface area contributed by atoms with Crippen LogP contribution in [0.25, 0.3) is 0 Å². The zero-order valence-electron chi connectivity index (χ0n) is 29.1. The van der Waals surface area contributed by atoms with E-state index in [-0.39, 0.29) is 55.4 Å². The summed E-state index contributed by atoms with van der Waals surface area (Å²) in [7, 11) is 1.99. The number of amides is 2. The Bertz CT molecular complexity index is 1370. The Morgan fingerprint density at radius 2 is 1.34 bits per heavy atom. The molecule has 12 nitrogen and oxygen atoms in total. The minimum absolute atomic E-state index is 0.0198. The normalized spacial score (nSPS) is 18.4. The van der Waals surface area contributed by atoms with Crippen molar-refractivity contribution in [1.82, 2.24) is 20.4 Å². The maximum absolute atomic E-state index is 12.8. The number of nitrogens with zero attached hydrogens (tertiary/aromatic N) is 2. The number of nitrogens with one attached hydrogen (secondary N) is 2. The highest BCUT2D eigenvalue weighted by Crippen LogP contribution is 2.37. The van der Waals surface area contributed by atoms with Crippen LogP contribution in [0.5, 0.6) is 23.0 Å². The standard InChI is InChI=1S/C35H54N6O6/c1-20(2)32(36)34(42)38-18-41(23(6)14-26-9-11-27-29(15-26)45-19-44-27)17-31-46-28-12-10-25(16-30(28)47-31)13-22(5)40(8)24(7)39-35(43)33(37)21(3)4/h9-12,15-16,20-24,31-33H,13-14,17-19,36-37H2,1-8H3,(H,38,42)(H,39,43)/t22?,23?,24?,31?,32-,33-/m0/s1. The molecule has 0 spiro atoms. The van der Waals surface area contributed by atoms with Gasteiger partial charge >= 0.3 is 0 Å². The fraction of sp³-hybridized carbons (Fsp3) is 0.600. The van der Waals surface area contributed by atoms with Crippen LogP contribution < -0.4 is 41.0 Å². The summed E-state index contributed by atoms with van der Waals surface area (Å²) in [6.07, 6.45) is 0.715. The molecule has 2 aliphatic heterocycles. The highest BCUT2D eigenvalue weighted by atomic mass is 16.7. The maximum atomic E-state index is 12.8. The lowest BCUT2D eigenvalue weighted by molar-refractivity contribution is -0.125. The van der Waals surface area contributed by atoms with Crippen molar-refractivity contribution in [2.45, 2.75) is 97.9 Å². The molecule has 0 fully saturated rings. The molecule has 2 amide bonds. The molecule has 2 heterocycles. The highest BCUT2D eigenvalue weighted by molar-refractivity contribution is 5.82. The van der Waals surface area contributed by atoms with E-state index in [0.29, 0.717) is 24.5 Å². The van der Waals surface area contributed by atoms with Crippen LogP contribution in [0, 0.1) is 11.8 Å². The van der Waals surface area contributed by atoms with Gasteiger partial charge in [0.05, 0.1) is 31.5 Å². The molecule has 4 unspecified atom stereocenters. The van der Waals surface area contributed by atoms with Crippen molar-refractivity contribution in [2.75, 3.05) is 27.1 Å². The first-order valence-electron chi connectivity index (χ1n) is 16.6. The van der Waals surface area contributed by atoms with Crippen LogP contribution in [0.1, 0.15) is 59.6 Å². The summed E-state index contributed by atoms with van der Waals surface area (Å²) in [4.78, 5) is 29.5. The number of rotatable bonds is 16. The summed E-state index contributed by atoms with van der Waals surface area (Å²) in [5.41, 5.74) is 14.3. The van der Waals surface area contributed by atoms with Gasteiger partial charge in [-0.25, -0.2) is 0 Å². The van der Waals surface area contributed by atoms with E-state index in [1.54, 1.807) is 0 Å². The van der Waals surface area contributed by atoms with Crippen LogP contribution in [0.4, 0.5) is 0 Å². The Balaban J connectivity index is 1.38. The molecule has 4 rings (SSSR count). The number of carbonyl (C=O) groups excluding carboxylic acids is 2. The molecule has 2 aromatic carbocycles. The van der Waals surface area contributed by atoms with Crippen LogP contribution in [0.15, 0.2) is 36.4 Å². The minimum Gasteiger partial charge on any atom is -0.454 e. The molecule has 0 saturated heterocycles. The SMILES string of the molecule is CC(C)[C@H](N)C(=O)NCN(CC1Oc2ccc(CC(C)N(C)C(C)NC(=O)[C@@H](N)C(C)C)cc2O1)C(C)Cc1ccc2c(c1)OCO2. The van der Waals surface area contributed by atoms with Gasteiger partial charge in [-0.15, -0.1) is 0 Å². The minimum atomic E-state index is -0.596. The van der Waals surface area contributed by atoms with Gasteiger partial charge in [-0.05, 0) is 87.9 Å². The van der Waals surface area contributed by atoms with Crippen LogP contribution >= 0.6 is 0 Å². The molecule has 12 heteroatoms. The molecule has 6 N–H and O–H groups in total. The smallest absolute Gasteiger partial charge is 0.254 e. The number of nitrogens with two attached hydrogens (primary N) is 2. The van der Waals surface area contributed by atoms with Crippen LogP contribution in [-0.2, 0) is 22.4 Å². The quantitative estimate of drug-likeness (QED) is 0.199. The first-order chi connectivity index (χ1) is 22.2. The Kier molecular flexibility index (Phi) is 12.4. The fourth-order valence-electron chi connectivity index (χ4n) is 5.55. The van der Waals surface area contributed by atoms with E-state index in [1.807, 2.05) is 78.1 Å². The van der Waals surface area contributed by atoms with Crippen molar-refractivity contribution in [2.24, 2.45) is 23.3 Å². The molecule has 6 atom stereocenters. The van der Waals surface area contributed by atoms with Crippen LogP contribution in [0.2, 0.25) is 0 Å². The third-order valence-corrected chi connectivity index (χ3v) is 9.19. The van der Waals surface area contributed by atoms with E-state index in [0.717, 1.165) is 29.0 Å². The maximum Gasteiger partial charge on any atom is 0.254 e.